The molecule has 76 valence electrons. The molecule has 1 aromatic heterocycles. The minimum Gasteiger partial charge on any atom is -0.472 e. The third-order valence-corrected chi connectivity index (χ3v) is 2.39. The van der Waals surface area contributed by atoms with Gasteiger partial charge in [-0.2, -0.15) is 0 Å². The van der Waals surface area contributed by atoms with E-state index in [4.69, 9.17) is 21.1 Å². The number of aromatic nitrogens is 1. The third kappa shape index (κ3) is 2.16. The van der Waals surface area contributed by atoms with Crippen LogP contribution in [0.3, 0.4) is 0 Å². The summed E-state index contributed by atoms with van der Waals surface area (Å²) >= 11 is 5.78. The van der Waals surface area contributed by atoms with Crippen LogP contribution in [-0.2, 0) is 4.74 Å². The summed E-state index contributed by atoms with van der Waals surface area (Å²) in [6, 6.07) is 3.66. The van der Waals surface area contributed by atoms with Gasteiger partial charge in [0.05, 0.1) is 13.2 Å². The van der Waals surface area contributed by atoms with Gasteiger partial charge in [0, 0.05) is 12.0 Å². The van der Waals surface area contributed by atoms with Crippen molar-refractivity contribution in [3.63, 3.8) is 0 Å². The molecule has 0 aliphatic carbocycles. The van der Waals surface area contributed by atoms with Crippen molar-refractivity contribution in [1.82, 2.24) is 4.98 Å². The van der Waals surface area contributed by atoms with E-state index in [1.165, 1.54) is 0 Å². The van der Waals surface area contributed by atoms with Crippen LogP contribution in [0.2, 0.25) is 5.15 Å². The number of pyridine rings is 1. The predicted molar refractivity (Wildman–Crippen MR) is 53.8 cm³/mol. The number of halogens is 1. The molecule has 1 saturated heterocycles. The van der Waals surface area contributed by atoms with E-state index in [0.717, 1.165) is 18.6 Å². The van der Waals surface area contributed by atoms with E-state index in [1.54, 1.807) is 6.07 Å². The molecule has 3 nitrogen and oxygen atoms in total. The second-order valence-electron chi connectivity index (χ2n) is 3.36. The molecule has 0 saturated carbocycles. The highest BCUT2D eigenvalue weighted by atomic mass is 35.5. The minimum atomic E-state index is 0.125. The highest BCUT2D eigenvalue weighted by Crippen LogP contribution is 2.21. The van der Waals surface area contributed by atoms with Gasteiger partial charge in [0.1, 0.15) is 11.3 Å². The summed E-state index contributed by atoms with van der Waals surface area (Å²) in [5.74, 6) is 0.619. The lowest BCUT2D eigenvalue weighted by Gasteiger charge is -2.12. The largest absolute Gasteiger partial charge is 0.472 e. The van der Waals surface area contributed by atoms with Crippen LogP contribution in [0.4, 0.5) is 0 Å². The molecule has 14 heavy (non-hydrogen) atoms. The SMILES string of the molecule is Cc1ccc(Cl)nc1OC1CCOC1. The Morgan fingerprint density at radius 2 is 2.43 bits per heavy atom. The van der Waals surface area contributed by atoms with Gasteiger partial charge in [-0.3, -0.25) is 0 Å². The molecule has 2 rings (SSSR count). The van der Waals surface area contributed by atoms with Gasteiger partial charge in [-0.15, -0.1) is 0 Å². The van der Waals surface area contributed by atoms with Crippen LogP contribution in [0.1, 0.15) is 12.0 Å². The Morgan fingerprint density at radius 3 is 3.14 bits per heavy atom. The Hall–Kier alpha value is -0.800. The van der Waals surface area contributed by atoms with Crippen LogP contribution in [0.15, 0.2) is 12.1 Å². The first-order valence-electron chi connectivity index (χ1n) is 4.63. The maximum Gasteiger partial charge on any atom is 0.218 e. The highest BCUT2D eigenvalue weighted by Gasteiger charge is 2.18. The molecule has 1 aliphatic rings. The van der Waals surface area contributed by atoms with E-state index < -0.39 is 0 Å². The first-order chi connectivity index (χ1) is 6.75. The highest BCUT2D eigenvalue weighted by molar-refractivity contribution is 6.29. The summed E-state index contributed by atoms with van der Waals surface area (Å²) in [4.78, 5) is 4.12. The molecule has 0 amide bonds. The Balaban J connectivity index is 2.10. The first-order valence-corrected chi connectivity index (χ1v) is 5.01. The molecule has 1 aliphatic heterocycles. The lowest BCUT2D eigenvalue weighted by molar-refractivity contribution is 0.137. The van der Waals surface area contributed by atoms with Crippen LogP contribution >= 0.6 is 11.6 Å². The Kier molecular flexibility index (Phi) is 2.89. The molecular weight excluding hydrogens is 202 g/mol. The van der Waals surface area contributed by atoms with Gasteiger partial charge in [0.15, 0.2) is 0 Å². The number of ether oxygens (including phenoxy) is 2. The van der Waals surface area contributed by atoms with Gasteiger partial charge < -0.3 is 9.47 Å². The van der Waals surface area contributed by atoms with E-state index in [0.29, 0.717) is 17.6 Å². The van der Waals surface area contributed by atoms with E-state index in [9.17, 15) is 0 Å². The quantitative estimate of drug-likeness (QED) is 0.706. The monoisotopic (exact) mass is 213 g/mol. The standard InChI is InChI=1S/C10H12ClNO2/c1-7-2-3-9(11)12-10(7)14-8-4-5-13-6-8/h2-3,8H,4-6H2,1H3. The fourth-order valence-corrected chi connectivity index (χ4v) is 1.51. The predicted octanol–water partition coefficient (Wildman–Crippen LogP) is 2.21. The molecule has 0 aromatic carbocycles. The van der Waals surface area contributed by atoms with Crippen molar-refractivity contribution in [3.05, 3.63) is 22.8 Å². The fourth-order valence-electron chi connectivity index (χ4n) is 1.37. The fraction of sp³-hybridized carbons (Fsp3) is 0.500. The van der Waals surface area contributed by atoms with Crippen molar-refractivity contribution < 1.29 is 9.47 Å². The van der Waals surface area contributed by atoms with Crippen LogP contribution in [0, 0.1) is 6.92 Å². The van der Waals surface area contributed by atoms with Gasteiger partial charge in [-0.05, 0) is 13.0 Å². The van der Waals surface area contributed by atoms with E-state index in [2.05, 4.69) is 4.98 Å². The van der Waals surface area contributed by atoms with Crippen molar-refractivity contribution in [2.75, 3.05) is 13.2 Å². The van der Waals surface area contributed by atoms with Gasteiger partial charge in [0.25, 0.3) is 0 Å². The van der Waals surface area contributed by atoms with Gasteiger partial charge in [-0.1, -0.05) is 17.7 Å². The maximum atomic E-state index is 5.78. The van der Waals surface area contributed by atoms with Crippen LogP contribution < -0.4 is 4.74 Å². The lowest BCUT2D eigenvalue weighted by Crippen LogP contribution is -2.17. The molecule has 1 unspecified atom stereocenters. The smallest absolute Gasteiger partial charge is 0.218 e. The minimum absolute atomic E-state index is 0.125. The summed E-state index contributed by atoms with van der Waals surface area (Å²) in [5.41, 5.74) is 1.00. The number of aryl methyl sites for hydroxylation is 1. The second kappa shape index (κ2) is 4.15. The molecule has 0 N–H and O–H groups in total. The van der Waals surface area contributed by atoms with E-state index >= 15 is 0 Å². The van der Waals surface area contributed by atoms with Crippen molar-refractivity contribution in [2.24, 2.45) is 0 Å². The van der Waals surface area contributed by atoms with E-state index in [-0.39, 0.29) is 6.10 Å². The molecule has 1 aromatic rings. The van der Waals surface area contributed by atoms with Crippen molar-refractivity contribution in [3.8, 4) is 5.88 Å². The molecular formula is C10H12ClNO2. The zero-order valence-electron chi connectivity index (χ0n) is 8.00. The van der Waals surface area contributed by atoms with E-state index in [1.807, 2.05) is 13.0 Å². The van der Waals surface area contributed by atoms with Crippen molar-refractivity contribution in [1.29, 1.82) is 0 Å². The van der Waals surface area contributed by atoms with Crippen LogP contribution in [0.5, 0.6) is 5.88 Å². The lowest BCUT2D eigenvalue weighted by atomic mass is 10.3. The number of rotatable bonds is 2. The van der Waals surface area contributed by atoms with Crippen molar-refractivity contribution in [2.45, 2.75) is 19.4 Å². The summed E-state index contributed by atoms with van der Waals surface area (Å²) in [5, 5.41) is 0.463. The molecule has 2 heterocycles. The van der Waals surface area contributed by atoms with Crippen LogP contribution in [-0.4, -0.2) is 24.3 Å². The summed E-state index contributed by atoms with van der Waals surface area (Å²) in [6.07, 6.45) is 1.05. The summed E-state index contributed by atoms with van der Waals surface area (Å²) in [7, 11) is 0. The number of hydrogen-bond donors (Lipinski definition) is 0. The molecule has 4 heteroatoms. The zero-order chi connectivity index (χ0) is 9.97. The Bertz CT molecular complexity index is 324. The van der Waals surface area contributed by atoms with Gasteiger partial charge >= 0.3 is 0 Å². The molecule has 1 fully saturated rings. The number of hydrogen-bond acceptors (Lipinski definition) is 3. The first kappa shape index (κ1) is 9.74. The third-order valence-electron chi connectivity index (χ3n) is 2.18. The van der Waals surface area contributed by atoms with Crippen molar-refractivity contribution >= 4 is 11.6 Å². The normalized spacial score (nSPS) is 21.1. The Morgan fingerprint density at radius 1 is 1.57 bits per heavy atom. The number of nitrogens with zero attached hydrogens (tertiary/aromatic N) is 1. The molecule has 0 spiro atoms. The molecule has 1 atom stereocenters. The average molecular weight is 214 g/mol. The summed E-state index contributed by atoms with van der Waals surface area (Å²) < 4.78 is 10.9. The Labute approximate surface area is 88.0 Å². The van der Waals surface area contributed by atoms with Crippen LogP contribution in [0.25, 0.3) is 0 Å². The molecule has 0 bridgehead atoms. The topological polar surface area (TPSA) is 31.4 Å². The van der Waals surface area contributed by atoms with Gasteiger partial charge in [0.2, 0.25) is 5.88 Å². The van der Waals surface area contributed by atoms with Gasteiger partial charge in [-0.25, -0.2) is 4.98 Å². The zero-order valence-corrected chi connectivity index (χ0v) is 8.75. The second-order valence-corrected chi connectivity index (χ2v) is 3.75. The summed E-state index contributed by atoms with van der Waals surface area (Å²) in [6.45, 7) is 3.37. The molecule has 0 radical (unpaired) electrons. The average Bonchev–Trinajstić information content (AvgIpc) is 2.64. The maximum absolute atomic E-state index is 5.78.